The lowest BCUT2D eigenvalue weighted by molar-refractivity contribution is 0.754. The summed E-state index contributed by atoms with van der Waals surface area (Å²) in [7, 11) is 0. The van der Waals surface area contributed by atoms with Gasteiger partial charge in [-0.25, -0.2) is 4.98 Å². The van der Waals surface area contributed by atoms with Crippen molar-refractivity contribution in [3.63, 3.8) is 0 Å². The quantitative estimate of drug-likeness (QED) is 0.728. The van der Waals surface area contributed by atoms with Gasteiger partial charge in [0.1, 0.15) is 17.7 Å². The maximum Gasteiger partial charge on any atom is 0.243 e. The van der Waals surface area contributed by atoms with Crippen molar-refractivity contribution in [1.29, 1.82) is 5.26 Å². The largest absolute Gasteiger partial charge is 0.365 e. The summed E-state index contributed by atoms with van der Waals surface area (Å²) in [6.45, 7) is 4.38. The third-order valence-corrected chi connectivity index (χ3v) is 4.36. The summed E-state index contributed by atoms with van der Waals surface area (Å²) in [4.78, 5) is 11.4. The molecule has 9 heteroatoms. The Morgan fingerprint density at radius 3 is 3.12 bits per heavy atom. The molecule has 0 radical (unpaired) electrons. The van der Waals surface area contributed by atoms with E-state index in [9.17, 15) is 5.26 Å². The standard InChI is InChI=1S/C16H19N9/c1-2-4-18-16-22-15-14(24-5-3-11(6-17)9-24)13(12-7-20-21-8-12)19-10-25(15)23-16/h7-8,10-11H,2-5,9H2,1H3,(H,18,23)(H,20,21). The zero-order valence-corrected chi connectivity index (χ0v) is 14.0. The topological polar surface area (TPSA) is 111 Å². The summed E-state index contributed by atoms with van der Waals surface area (Å²) >= 11 is 0. The average molecular weight is 337 g/mol. The van der Waals surface area contributed by atoms with Crippen LogP contribution in [0.5, 0.6) is 0 Å². The number of hydrogen-bond acceptors (Lipinski definition) is 7. The molecule has 1 aliphatic rings. The van der Waals surface area contributed by atoms with Crippen molar-refractivity contribution >= 4 is 17.3 Å². The average Bonchev–Trinajstić information content (AvgIpc) is 3.38. The molecule has 0 spiro atoms. The van der Waals surface area contributed by atoms with Gasteiger partial charge < -0.3 is 10.2 Å². The maximum atomic E-state index is 9.25. The van der Waals surface area contributed by atoms with Crippen LogP contribution < -0.4 is 10.2 Å². The monoisotopic (exact) mass is 337 g/mol. The lowest BCUT2D eigenvalue weighted by Gasteiger charge is -2.20. The number of aromatic amines is 1. The molecule has 1 saturated heterocycles. The molecule has 4 heterocycles. The number of rotatable bonds is 5. The first-order valence-corrected chi connectivity index (χ1v) is 8.43. The van der Waals surface area contributed by atoms with E-state index in [1.165, 1.54) is 0 Å². The molecule has 2 N–H and O–H groups in total. The van der Waals surface area contributed by atoms with E-state index in [0.29, 0.717) is 12.5 Å². The molecule has 0 bridgehead atoms. The first-order chi connectivity index (χ1) is 12.3. The van der Waals surface area contributed by atoms with E-state index in [1.54, 1.807) is 17.0 Å². The van der Waals surface area contributed by atoms with E-state index in [-0.39, 0.29) is 5.92 Å². The first-order valence-electron chi connectivity index (χ1n) is 8.43. The van der Waals surface area contributed by atoms with Crippen LogP contribution in [0.25, 0.3) is 16.9 Å². The predicted molar refractivity (Wildman–Crippen MR) is 93.1 cm³/mol. The maximum absolute atomic E-state index is 9.25. The van der Waals surface area contributed by atoms with Crippen LogP contribution in [-0.2, 0) is 0 Å². The van der Waals surface area contributed by atoms with Crippen LogP contribution in [0.15, 0.2) is 18.7 Å². The number of aromatic nitrogens is 6. The summed E-state index contributed by atoms with van der Waals surface area (Å²) in [5.74, 6) is 0.614. The minimum absolute atomic E-state index is 0.0260. The van der Waals surface area contributed by atoms with E-state index in [1.807, 2.05) is 6.20 Å². The summed E-state index contributed by atoms with van der Waals surface area (Å²) in [5, 5.41) is 23.8. The fraction of sp³-hybridized carbons (Fsp3) is 0.438. The predicted octanol–water partition coefficient (Wildman–Crippen LogP) is 1.69. The van der Waals surface area contributed by atoms with E-state index in [2.05, 4.69) is 48.5 Å². The van der Waals surface area contributed by atoms with E-state index in [0.717, 1.165) is 48.5 Å². The summed E-state index contributed by atoms with van der Waals surface area (Å²) < 4.78 is 1.69. The van der Waals surface area contributed by atoms with Crippen molar-refractivity contribution in [2.45, 2.75) is 19.8 Å². The molecule has 9 nitrogen and oxygen atoms in total. The number of H-pyrrole nitrogens is 1. The third kappa shape index (κ3) is 2.76. The lowest BCUT2D eigenvalue weighted by atomic mass is 10.1. The molecule has 128 valence electrons. The van der Waals surface area contributed by atoms with Gasteiger partial charge >= 0.3 is 0 Å². The van der Waals surface area contributed by atoms with Crippen LogP contribution >= 0.6 is 0 Å². The van der Waals surface area contributed by atoms with Gasteiger partial charge in [0.05, 0.1) is 18.2 Å². The minimum atomic E-state index is 0.0260. The van der Waals surface area contributed by atoms with Crippen LogP contribution in [-0.4, -0.2) is 49.4 Å². The lowest BCUT2D eigenvalue weighted by Crippen LogP contribution is -2.21. The number of nitrogens with one attached hydrogen (secondary N) is 2. The van der Waals surface area contributed by atoms with Crippen LogP contribution in [0, 0.1) is 17.2 Å². The van der Waals surface area contributed by atoms with E-state index >= 15 is 0 Å². The van der Waals surface area contributed by atoms with Gasteiger partial charge in [-0.1, -0.05) is 6.92 Å². The summed E-state index contributed by atoms with van der Waals surface area (Å²) in [6, 6.07) is 2.36. The van der Waals surface area contributed by atoms with Crippen molar-refractivity contribution in [1.82, 2.24) is 29.8 Å². The number of fused-ring (bicyclic) bond motifs is 1. The van der Waals surface area contributed by atoms with Crippen LogP contribution in [0.4, 0.5) is 11.6 Å². The van der Waals surface area contributed by atoms with Crippen LogP contribution in [0.3, 0.4) is 0 Å². The second-order valence-electron chi connectivity index (χ2n) is 6.12. The Balaban J connectivity index is 1.84. The van der Waals surface area contributed by atoms with Crippen molar-refractivity contribution in [3.8, 4) is 17.3 Å². The highest BCUT2D eigenvalue weighted by molar-refractivity contribution is 5.85. The molecule has 1 aliphatic heterocycles. The van der Waals surface area contributed by atoms with E-state index < -0.39 is 0 Å². The van der Waals surface area contributed by atoms with Crippen molar-refractivity contribution in [2.24, 2.45) is 5.92 Å². The molecule has 0 saturated carbocycles. The van der Waals surface area contributed by atoms with Gasteiger partial charge in [-0.15, -0.1) is 5.10 Å². The molecule has 1 fully saturated rings. The van der Waals surface area contributed by atoms with Gasteiger partial charge in [0.2, 0.25) is 5.95 Å². The second kappa shape index (κ2) is 6.39. The van der Waals surface area contributed by atoms with Crippen LogP contribution in [0.1, 0.15) is 19.8 Å². The molecule has 4 rings (SSSR count). The fourth-order valence-corrected chi connectivity index (χ4v) is 3.11. The van der Waals surface area contributed by atoms with Crippen molar-refractivity contribution < 1.29 is 0 Å². The van der Waals surface area contributed by atoms with Gasteiger partial charge in [-0.3, -0.25) is 5.10 Å². The molecule has 3 aromatic rings. The van der Waals surface area contributed by atoms with E-state index in [4.69, 9.17) is 0 Å². The van der Waals surface area contributed by atoms with Crippen LogP contribution in [0.2, 0.25) is 0 Å². The Kier molecular flexibility index (Phi) is 3.93. The molecule has 0 aliphatic carbocycles. The van der Waals surface area contributed by atoms with Gasteiger partial charge in [0.25, 0.3) is 0 Å². The van der Waals surface area contributed by atoms with Crippen molar-refractivity contribution in [3.05, 3.63) is 18.7 Å². The number of nitriles is 1. The Bertz CT molecular complexity index is 906. The second-order valence-corrected chi connectivity index (χ2v) is 6.12. The number of hydrogen-bond donors (Lipinski definition) is 2. The minimum Gasteiger partial charge on any atom is -0.365 e. The third-order valence-electron chi connectivity index (χ3n) is 4.36. The molecule has 3 aromatic heterocycles. The number of anilines is 2. The zero-order valence-electron chi connectivity index (χ0n) is 14.0. The van der Waals surface area contributed by atoms with Gasteiger partial charge in [0.15, 0.2) is 5.65 Å². The summed E-state index contributed by atoms with van der Waals surface area (Å²) in [6.07, 6.45) is 7.07. The Morgan fingerprint density at radius 1 is 1.48 bits per heavy atom. The van der Waals surface area contributed by atoms with Gasteiger partial charge in [0, 0.05) is 31.4 Å². The van der Waals surface area contributed by atoms with Gasteiger partial charge in [-0.2, -0.15) is 19.9 Å². The zero-order chi connectivity index (χ0) is 17.2. The molecular formula is C16H19N9. The number of nitrogens with zero attached hydrogens (tertiary/aromatic N) is 7. The Hall–Kier alpha value is -3.15. The highest BCUT2D eigenvalue weighted by atomic mass is 15.4. The molecule has 0 amide bonds. The fourth-order valence-electron chi connectivity index (χ4n) is 3.11. The molecule has 1 atom stereocenters. The Morgan fingerprint density at radius 2 is 2.40 bits per heavy atom. The smallest absolute Gasteiger partial charge is 0.243 e. The van der Waals surface area contributed by atoms with Crippen molar-refractivity contribution in [2.75, 3.05) is 29.9 Å². The normalized spacial score (nSPS) is 17.1. The van der Waals surface area contributed by atoms with Gasteiger partial charge in [-0.05, 0) is 12.8 Å². The molecule has 1 unspecified atom stereocenters. The first kappa shape index (κ1) is 15.4. The molecule has 25 heavy (non-hydrogen) atoms. The highest BCUT2D eigenvalue weighted by Gasteiger charge is 2.28. The highest BCUT2D eigenvalue weighted by Crippen LogP contribution is 2.35. The Labute approximate surface area is 144 Å². The molecule has 0 aromatic carbocycles. The molecular weight excluding hydrogens is 318 g/mol. The SMILES string of the molecule is CCCNc1nc2c(N3CCC(C#N)C3)c(-c3cn[nH]c3)ncn2n1. The summed E-state index contributed by atoms with van der Waals surface area (Å²) in [5.41, 5.74) is 3.33.